The van der Waals surface area contributed by atoms with Crippen LogP contribution >= 0.6 is 15.9 Å². The molecule has 5 nitrogen and oxygen atoms in total. The largest absolute Gasteiger partial charge is 0.374 e. The molecule has 0 saturated heterocycles. The van der Waals surface area contributed by atoms with Crippen molar-refractivity contribution in [2.75, 3.05) is 16.0 Å². The summed E-state index contributed by atoms with van der Waals surface area (Å²) in [6.45, 7) is 3.25. The van der Waals surface area contributed by atoms with Crippen molar-refractivity contribution in [2.24, 2.45) is 0 Å². The number of nitrogens with one attached hydrogen (secondary N) is 3. The van der Waals surface area contributed by atoms with E-state index in [0.717, 1.165) is 15.8 Å². The summed E-state index contributed by atoms with van der Waals surface area (Å²) in [6.07, 6.45) is 0. The molecule has 120 valence electrons. The summed E-state index contributed by atoms with van der Waals surface area (Å²) in [7, 11) is 0. The number of hydrogen-bond acceptors (Lipinski definition) is 3. The first-order valence-corrected chi connectivity index (χ1v) is 7.94. The topological polar surface area (TPSA) is 70.2 Å². The number of halogens is 1. The molecule has 0 spiro atoms. The van der Waals surface area contributed by atoms with Gasteiger partial charge in [-0.15, -0.1) is 0 Å². The predicted molar refractivity (Wildman–Crippen MR) is 96.6 cm³/mol. The van der Waals surface area contributed by atoms with Gasteiger partial charge in [0.1, 0.15) is 6.04 Å². The summed E-state index contributed by atoms with van der Waals surface area (Å²) in [6, 6.07) is 14.2. The number of carbonyl (C=O) groups excluding carboxylic acids is 2. The van der Waals surface area contributed by atoms with E-state index < -0.39 is 6.04 Å². The van der Waals surface area contributed by atoms with Crippen molar-refractivity contribution in [3.8, 4) is 0 Å². The molecule has 23 heavy (non-hydrogen) atoms. The molecular formula is C17H18BrN3O2. The second-order valence-corrected chi connectivity index (χ2v) is 6.04. The van der Waals surface area contributed by atoms with E-state index in [-0.39, 0.29) is 11.8 Å². The Labute approximate surface area is 143 Å². The van der Waals surface area contributed by atoms with Crippen LogP contribution in [-0.2, 0) is 9.59 Å². The van der Waals surface area contributed by atoms with Crippen LogP contribution in [0.25, 0.3) is 0 Å². The van der Waals surface area contributed by atoms with E-state index in [0.29, 0.717) is 5.69 Å². The zero-order chi connectivity index (χ0) is 16.8. The van der Waals surface area contributed by atoms with E-state index in [1.54, 1.807) is 19.1 Å². The predicted octanol–water partition coefficient (Wildman–Crippen LogP) is 3.85. The lowest BCUT2D eigenvalue weighted by Crippen LogP contribution is -2.31. The number of anilines is 3. The first-order valence-electron chi connectivity index (χ1n) is 7.14. The number of rotatable bonds is 5. The van der Waals surface area contributed by atoms with Crippen LogP contribution in [0.15, 0.2) is 53.0 Å². The van der Waals surface area contributed by atoms with E-state index in [2.05, 4.69) is 31.9 Å². The van der Waals surface area contributed by atoms with E-state index >= 15 is 0 Å². The molecular weight excluding hydrogens is 358 g/mol. The standard InChI is InChI=1S/C17H18BrN3O2/c1-11(17(23)21-16-5-3-4-13(18)10-16)19-14-6-8-15(9-7-14)20-12(2)22/h3-11,19H,1-2H3,(H,20,22)(H,21,23). The molecule has 3 N–H and O–H groups in total. The molecule has 1 atom stereocenters. The highest BCUT2D eigenvalue weighted by atomic mass is 79.9. The normalized spacial score (nSPS) is 11.4. The summed E-state index contributed by atoms with van der Waals surface area (Å²) < 4.78 is 0.907. The molecule has 2 rings (SSSR count). The molecule has 0 radical (unpaired) electrons. The van der Waals surface area contributed by atoms with Gasteiger partial charge in [0.05, 0.1) is 0 Å². The summed E-state index contributed by atoms with van der Waals surface area (Å²) in [5.74, 6) is -0.249. The van der Waals surface area contributed by atoms with Crippen molar-refractivity contribution in [3.05, 3.63) is 53.0 Å². The third kappa shape index (κ3) is 5.41. The molecule has 2 aromatic rings. The van der Waals surface area contributed by atoms with Gasteiger partial charge in [-0.2, -0.15) is 0 Å². The van der Waals surface area contributed by atoms with Gasteiger partial charge in [-0.25, -0.2) is 0 Å². The summed E-state index contributed by atoms with van der Waals surface area (Å²) >= 11 is 3.37. The van der Waals surface area contributed by atoms with E-state index in [1.807, 2.05) is 36.4 Å². The highest BCUT2D eigenvalue weighted by molar-refractivity contribution is 9.10. The van der Waals surface area contributed by atoms with Crippen molar-refractivity contribution >= 4 is 44.8 Å². The second-order valence-electron chi connectivity index (χ2n) is 5.12. The van der Waals surface area contributed by atoms with Gasteiger partial charge in [-0.3, -0.25) is 9.59 Å². The SMILES string of the molecule is CC(=O)Nc1ccc(NC(C)C(=O)Nc2cccc(Br)c2)cc1. The average molecular weight is 376 g/mol. The maximum atomic E-state index is 12.2. The van der Waals surface area contributed by atoms with Crippen molar-refractivity contribution in [1.29, 1.82) is 0 Å². The van der Waals surface area contributed by atoms with Gasteiger partial charge in [0.25, 0.3) is 0 Å². The van der Waals surface area contributed by atoms with Gasteiger partial charge in [0.2, 0.25) is 11.8 Å². The van der Waals surface area contributed by atoms with Crippen LogP contribution in [0.5, 0.6) is 0 Å². The van der Waals surface area contributed by atoms with Gasteiger partial charge in [-0.1, -0.05) is 22.0 Å². The zero-order valence-corrected chi connectivity index (χ0v) is 14.5. The number of carbonyl (C=O) groups is 2. The summed E-state index contributed by atoms with van der Waals surface area (Å²) in [5, 5.41) is 8.67. The molecule has 0 fully saturated rings. The minimum absolute atomic E-state index is 0.118. The van der Waals surface area contributed by atoms with Gasteiger partial charge in [0.15, 0.2) is 0 Å². The van der Waals surface area contributed by atoms with Crippen LogP contribution < -0.4 is 16.0 Å². The Bertz CT molecular complexity index is 701. The molecule has 6 heteroatoms. The van der Waals surface area contributed by atoms with Crippen molar-refractivity contribution in [1.82, 2.24) is 0 Å². The lowest BCUT2D eigenvalue weighted by molar-refractivity contribution is -0.116. The number of hydrogen-bond donors (Lipinski definition) is 3. The van der Waals surface area contributed by atoms with Crippen LogP contribution in [0.3, 0.4) is 0 Å². The van der Waals surface area contributed by atoms with Crippen molar-refractivity contribution in [2.45, 2.75) is 19.9 Å². The minimum atomic E-state index is -0.402. The van der Waals surface area contributed by atoms with Crippen LogP contribution in [0.1, 0.15) is 13.8 Å². The third-order valence-electron chi connectivity index (χ3n) is 3.07. The van der Waals surface area contributed by atoms with E-state index in [1.165, 1.54) is 6.92 Å². The van der Waals surface area contributed by atoms with Crippen molar-refractivity contribution < 1.29 is 9.59 Å². The second kappa shape index (κ2) is 7.78. The molecule has 0 aliphatic heterocycles. The third-order valence-corrected chi connectivity index (χ3v) is 3.57. The lowest BCUT2D eigenvalue weighted by atomic mass is 10.2. The van der Waals surface area contributed by atoms with Gasteiger partial charge in [0, 0.05) is 28.5 Å². The summed E-state index contributed by atoms with van der Waals surface area (Å²) in [4.78, 5) is 23.2. The Morgan fingerprint density at radius 1 is 0.957 bits per heavy atom. The minimum Gasteiger partial charge on any atom is -0.374 e. The molecule has 0 saturated carbocycles. The van der Waals surface area contributed by atoms with Gasteiger partial charge >= 0.3 is 0 Å². The maximum absolute atomic E-state index is 12.2. The fraction of sp³-hybridized carbons (Fsp3) is 0.176. The molecule has 2 amide bonds. The van der Waals surface area contributed by atoms with Crippen LogP contribution in [0, 0.1) is 0 Å². The zero-order valence-electron chi connectivity index (χ0n) is 12.9. The van der Waals surface area contributed by atoms with E-state index in [9.17, 15) is 9.59 Å². The molecule has 0 aliphatic carbocycles. The molecule has 2 aromatic carbocycles. The fourth-order valence-corrected chi connectivity index (χ4v) is 2.38. The van der Waals surface area contributed by atoms with Crippen LogP contribution in [0.2, 0.25) is 0 Å². The van der Waals surface area contributed by atoms with Crippen LogP contribution in [-0.4, -0.2) is 17.9 Å². The van der Waals surface area contributed by atoms with Gasteiger partial charge in [-0.05, 0) is 49.4 Å². The first kappa shape index (κ1) is 17.0. The smallest absolute Gasteiger partial charge is 0.246 e. The Kier molecular flexibility index (Phi) is 5.76. The monoisotopic (exact) mass is 375 g/mol. The summed E-state index contributed by atoms with van der Waals surface area (Å²) in [5.41, 5.74) is 2.25. The molecule has 0 aromatic heterocycles. The molecule has 0 bridgehead atoms. The van der Waals surface area contributed by atoms with Crippen LogP contribution in [0.4, 0.5) is 17.1 Å². The van der Waals surface area contributed by atoms with Crippen molar-refractivity contribution in [3.63, 3.8) is 0 Å². The molecule has 0 aliphatic rings. The Morgan fingerprint density at radius 2 is 1.61 bits per heavy atom. The molecule has 0 heterocycles. The molecule has 1 unspecified atom stereocenters. The number of amides is 2. The first-order chi connectivity index (χ1) is 10.9. The Balaban J connectivity index is 1.94. The van der Waals surface area contributed by atoms with Gasteiger partial charge < -0.3 is 16.0 Å². The fourth-order valence-electron chi connectivity index (χ4n) is 1.99. The average Bonchev–Trinajstić information content (AvgIpc) is 2.48. The number of benzene rings is 2. The Hall–Kier alpha value is -2.34. The highest BCUT2D eigenvalue weighted by Gasteiger charge is 2.13. The maximum Gasteiger partial charge on any atom is 0.246 e. The quantitative estimate of drug-likeness (QED) is 0.743. The lowest BCUT2D eigenvalue weighted by Gasteiger charge is -2.16. The highest BCUT2D eigenvalue weighted by Crippen LogP contribution is 2.17. The Morgan fingerprint density at radius 3 is 2.22 bits per heavy atom. The van der Waals surface area contributed by atoms with E-state index in [4.69, 9.17) is 0 Å².